The van der Waals surface area contributed by atoms with E-state index in [0.717, 1.165) is 29.8 Å². The Morgan fingerprint density at radius 2 is 1.77 bits per heavy atom. The van der Waals surface area contributed by atoms with Gasteiger partial charge in [0.2, 0.25) is 0 Å². The summed E-state index contributed by atoms with van der Waals surface area (Å²) in [6.07, 6.45) is 1.32. The number of amides is 1. The number of methoxy groups -OCH3 is 1. The first-order valence-electron chi connectivity index (χ1n) is 10.0. The Labute approximate surface area is 201 Å². The fourth-order valence-electron chi connectivity index (χ4n) is 2.96. The van der Waals surface area contributed by atoms with Gasteiger partial charge in [0, 0.05) is 17.8 Å². The molecule has 3 aromatic rings. The number of ether oxygens (including phenoxy) is 1. The van der Waals surface area contributed by atoms with Crippen LogP contribution in [0.5, 0.6) is 11.5 Å². The van der Waals surface area contributed by atoms with E-state index in [1.54, 1.807) is 12.1 Å². The Morgan fingerprint density at radius 3 is 2.37 bits per heavy atom. The average molecular weight is 493 g/mol. The maximum Gasteiger partial charge on any atom is 0.339 e. The fourth-order valence-corrected chi connectivity index (χ4v) is 3.90. The van der Waals surface area contributed by atoms with Crippen LogP contribution in [0.15, 0.2) is 77.2 Å². The zero-order chi connectivity index (χ0) is 25.6. The maximum atomic E-state index is 12.6. The number of nitrogens with zero attached hydrogens (tertiary/aromatic N) is 2. The monoisotopic (exact) mass is 493 g/mol. The van der Waals surface area contributed by atoms with Gasteiger partial charge in [0.05, 0.1) is 12.0 Å². The Balaban J connectivity index is 1.84. The van der Waals surface area contributed by atoms with Crippen molar-refractivity contribution in [2.24, 2.45) is 0 Å². The van der Waals surface area contributed by atoms with Crippen LogP contribution in [0.1, 0.15) is 11.1 Å². The topological polar surface area (TPSA) is 149 Å². The molecule has 0 saturated carbocycles. The third-order valence-electron chi connectivity index (χ3n) is 4.79. The summed E-state index contributed by atoms with van der Waals surface area (Å²) in [5.41, 5.74) is 1.34. The number of nitrogens with one attached hydrogen (secondary N) is 1. The van der Waals surface area contributed by atoms with Gasteiger partial charge >= 0.3 is 10.1 Å². The van der Waals surface area contributed by atoms with Crippen molar-refractivity contribution in [3.05, 3.63) is 93.5 Å². The van der Waals surface area contributed by atoms with Crippen LogP contribution in [0.3, 0.4) is 0 Å². The van der Waals surface area contributed by atoms with Gasteiger partial charge in [0.1, 0.15) is 16.5 Å². The minimum absolute atomic E-state index is 0.0286. The number of non-ortho nitro benzene ring substituents is 1. The maximum absolute atomic E-state index is 12.6. The molecule has 0 aliphatic heterocycles. The first kappa shape index (κ1) is 24.9. The van der Waals surface area contributed by atoms with Crippen LogP contribution in [-0.4, -0.2) is 26.4 Å². The number of benzene rings is 3. The van der Waals surface area contributed by atoms with Gasteiger partial charge in [0.25, 0.3) is 11.6 Å². The van der Waals surface area contributed by atoms with Crippen LogP contribution in [0.4, 0.5) is 11.4 Å². The van der Waals surface area contributed by atoms with Crippen molar-refractivity contribution in [3.8, 4) is 17.6 Å². The van der Waals surface area contributed by atoms with Crippen molar-refractivity contribution >= 4 is 33.5 Å². The number of hydrogen-bond donors (Lipinski definition) is 1. The Morgan fingerprint density at radius 1 is 1.09 bits per heavy atom. The van der Waals surface area contributed by atoms with Crippen LogP contribution < -0.4 is 14.2 Å². The summed E-state index contributed by atoms with van der Waals surface area (Å²) in [5.74, 6) is -0.728. The second-order valence-corrected chi connectivity index (χ2v) is 8.68. The zero-order valence-electron chi connectivity index (χ0n) is 18.6. The van der Waals surface area contributed by atoms with E-state index in [9.17, 15) is 28.6 Å². The molecule has 1 N–H and O–H groups in total. The molecule has 10 nitrogen and oxygen atoms in total. The standard InChI is InChI=1S/C24H19N3O7S/c1-16-5-3-4-6-21(16)26-24(28)18(15-25)13-17-7-12-22(23(14-17)33-2)34-35(31,32)20-10-8-19(9-11-20)27(29)30/h3-14H,1-2H3,(H,26,28)/b18-13+. The molecule has 11 heteroatoms. The Kier molecular flexibility index (Phi) is 7.48. The summed E-state index contributed by atoms with van der Waals surface area (Å²) in [6.45, 7) is 1.82. The molecule has 178 valence electrons. The number of para-hydroxylation sites is 1. The van der Waals surface area contributed by atoms with E-state index in [4.69, 9.17) is 8.92 Å². The molecule has 0 saturated heterocycles. The summed E-state index contributed by atoms with van der Waals surface area (Å²) in [5, 5.41) is 22.9. The molecule has 1 amide bonds. The number of nitro benzene ring substituents is 1. The van der Waals surface area contributed by atoms with Crippen LogP contribution in [0.2, 0.25) is 0 Å². The van der Waals surface area contributed by atoms with E-state index in [0.29, 0.717) is 11.3 Å². The molecule has 0 heterocycles. The minimum Gasteiger partial charge on any atom is -0.493 e. The SMILES string of the molecule is COc1cc(/C=C(\C#N)C(=O)Nc2ccccc2C)ccc1OS(=O)(=O)c1ccc([N+](=O)[O-])cc1. The number of carbonyl (C=O) groups is 1. The van der Waals surface area contributed by atoms with E-state index in [2.05, 4.69) is 5.32 Å². The number of rotatable bonds is 8. The molecule has 0 spiro atoms. The molecule has 35 heavy (non-hydrogen) atoms. The highest BCUT2D eigenvalue weighted by Gasteiger charge is 2.21. The van der Waals surface area contributed by atoms with Crippen molar-refractivity contribution in [2.45, 2.75) is 11.8 Å². The highest BCUT2D eigenvalue weighted by Crippen LogP contribution is 2.32. The first-order chi connectivity index (χ1) is 16.6. The predicted molar refractivity (Wildman–Crippen MR) is 127 cm³/mol. The van der Waals surface area contributed by atoms with Crippen LogP contribution in [0.25, 0.3) is 6.08 Å². The van der Waals surface area contributed by atoms with Gasteiger partial charge in [-0.25, -0.2) is 0 Å². The van der Waals surface area contributed by atoms with Gasteiger partial charge in [-0.15, -0.1) is 0 Å². The molecule has 3 aromatic carbocycles. The number of aryl methyl sites for hydroxylation is 1. The fraction of sp³-hybridized carbons (Fsp3) is 0.0833. The van der Waals surface area contributed by atoms with Gasteiger partial charge in [-0.3, -0.25) is 14.9 Å². The van der Waals surface area contributed by atoms with Crippen molar-refractivity contribution in [2.75, 3.05) is 12.4 Å². The van der Waals surface area contributed by atoms with E-state index in [-0.39, 0.29) is 27.7 Å². The van der Waals surface area contributed by atoms with Crippen LogP contribution in [0, 0.1) is 28.4 Å². The smallest absolute Gasteiger partial charge is 0.339 e. The number of nitriles is 1. The van der Waals surface area contributed by atoms with E-state index in [1.165, 1.54) is 31.4 Å². The molecule has 0 atom stereocenters. The van der Waals surface area contributed by atoms with Gasteiger partial charge in [0.15, 0.2) is 11.5 Å². The molecule has 0 aliphatic carbocycles. The second-order valence-electron chi connectivity index (χ2n) is 7.14. The van der Waals surface area contributed by atoms with Gasteiger partial charge in [-0.2, -0.15) is 13.7 Å². The van der Waals surface area contributed by atoms with E-state index >= 15 is 0 Å². The Bertz CT molecular complexity index is 1460. The molecule has 0 bridgehead atoms. The summed E-state index contributed by atoms with van der Waals surface area (Å²) in [7, 11) is -3.02. The molecule has 0 aliphatic rings. The summed E-state index contributed by atoms with van der Waals surface area (Å²) >= 11 is 0. The van der Waals surface area contributed by atoms with Crippen molar-refractivity contribution in [1.29, 1.82) is 5.26 Å². The van der Waals surface area contributed by atoms with E-state index in [1.807, 2.05) is 25.1 Å². The highest BCUT2D eigenvalue weighted by atomic mass is 32.2. The van der Waals surface area contributed by atoms with Crippen molar-refractivity contribution < 1.29 is 27.1 Å². The third-order valence-corrected chi connectivity index (χ3v) is 6.04. The highest BCUT2D eigenvalue weighted by molar-refractivity contribution is 7.87. The quantitative estimate of drug-likeness (QED) is 0.161. The lowest BCUT2D eigenvalue weighted by Crippen LogP contribution is -2.14. The van der Waals surface area contributed by atoms with Gasteiger partial charge < -0.3 is 14.2 Å². The van der Waals surface area contributed by atoms with Crippen molar-refractivity contribution in [1.82, 2.24) is 0 Å². The van der Waals surface area contributed by atoms with Crippen molar-refractivity contribution in [3.63, 3.8) is 0 Å². The number of carbonyl (C=O) groups excluding carboxylic acids is 1. The predicted octanol–water partition coefficient (Wildman–Crippen LogP) is 4.23. The second kappa shape index (κ2) is 10.5. The molecule has 0 aromatic heterocycles. The molecule has 3 rings (SSSR count). The molecule has 0 radical (unpaired) electrons. The summed E-state index contributed by atoms with van der Waals surface area (Å²) < 4.78 is 35.6. The molecular weight excluding hydrogens is 474 g/mol. The lowest BCUT2D eigenvalue weighted by molar-refractivity contribution is -0.384. The van der Waals surface area contributed by atoms with Gasteiger partial charge in [-0.05, 0) is 54.5 Å². The lowest BCUT2D eigenvalue weighted by atomic mass is 10.1. The van der Waals surface area contributed by atoms with Gasteiger partial charge in [-0.1, -0.05) is 24.3 Å². The van der Waals surface area contributed by atoms with E-state index < -0.39 is 20.9 Å². The number of nitro groups is 1. The first-order valence-corrected chi connectivity index (χ1v) is 11.4. The summed E-state index contributed by atoms with van der Waals surface area (Å²) in [6, 6.07) is 17.3. The molecular formula is C24H19N3O7S. The largest absolute Gasteiger partial charge is 0.493 e. The average Bonchev–Trinajstić information content (AvgIpc) is 2.84. The van der Waals surface area contributed by atoms with Crippen LogP contribution >= 0.6 is 0 Å². The molecule has 0 unspecified atom stereocenters. The normalized spacial score (nSPS) is 11.3. The number of hydrogen-bond acceptors (Lipinski definition) is 8. The number of anilines is 1. The van der Waals surface area contributed by atoms with Crippen LogP contribution in [-0.2, 0) is 14.9 Å². The zero-order valence-corrected chi connectivity index (χ0v) is 19.4. The molecule has 0 fully saturated rings. The third kappa shape index (κ3) is 6.01. The minimum atomic E-state index is -4.32. The lowest BCUT2D eigenvalue weighted by Gasteiger charge is -2.12. The Hall–Kier alpha value is -4.69. The summed E-state index contributed by atoms with van der Waals surface area (Å²) in [4.78, 5) is 22.4.